The van der Waals surface area contributed by atoms with Gasteiger partial charge in [0.05, 0.1) is 12.1 Å². The van der Waals surface area contributed by atoms with E-state index in [1.807, 2.05) is 37.7 Å². The van der Waals surface area contributed by atoms with Crippen molar-refractivity contribution < 1.29 is 4.74 Å². The van der Waals surface area contributed by atoms with Crippen molar-refractivity contribution in [3.05, 3.63) is 59.3 Å². The molecule has 3 aromatic rings. The molecular formula is C20H23ClN6O. The molecule has 146 valence electrons. The Bertz CT molecular complexity index is 980. The molecule has 3 rings (SSSR count). The zero-order chi connectivity index (χ0) is 19.9. The van der Waals surface area contributed by atoms with Gasteiger partial charge in [-0.2, -0.15) is 0 Å². The van der Waals surface area contributed by atoms with Crippen molar-refractivity contribution in [3.63, 3.8) is 0 Å². The molecule has 0 spiro atoms. The number of aliphatic imine (C=N–C) groups is 1. The number of pyridine rings is 1. The first kappa shape index (κ1) is 19.8. The van der Waals surface area contributed by atoms with Gasteiger partial charge in [-0.1, -0.05) is 24.6 Å². The Balaban J connectivity index is 1.57. The van der Waals surface area contributed by atoms with Gasteiger partial charge < -0.3 is 15.0 Å². The summed E-state index contributed by atoms with van der Waals surface area (Å²) < 4.78 is 4.99. The number of aromatic amines is 1. The number of halogens is 1. The van der Waals surface area contributed by atoms with Gasteiger partial charge in [-0.05, 0) is 23.1 Å². The summed E-state index contributed by atoms with van der Waals surface area (Å²) in [5.41, 5.74) is 2.95. The van der Waals surface area contributed by atoms with Gasteiger partial charge in [0.25, 0.3) is 0 Å². The fourth-order valence-corrected chi connectivity index (χ4v) is 2.76. The predicted octanol–water partition coefficient (Wildman–Crippen LogP) is 4.22. The Kier molecular flexibility index (Phi) is 6.60. The highest BCUT2D eigenvalue weighted by Gasteiger charge is 2.07. The highest BCUT2D eigenvalue weighted by atomic mass is 35.5. The standard InChI is InChI=1S/C20H23ClN6O/c1-13(4-5-22-14(2)28-3)8-25-20-26-9-15(10-27-20)6-16-11-23-19-18(16)7-17(21)12-24-19/h4-5,7,9-13H,6,8H2,1-3H3,(H,23,24)(H,25,26,27)/b5-4-,22-14?. The molecule has 0 aliphatic rings. The minimum atomic E-state index is 0.278. The van der Waals surface area contributed by atoms with E-state index < -0.39 is 0 Å². The molecule has 1 unspecified atom stereocenters. The summed E-state index contributed by atoms with van der Waals surface area (Å²) in [6.07, 6.45) is 11.7. The molecule has 0 aliphatic heterocycles. The maximum absolute atomic E-state index is 6.06. The van der Waals surface area contributed by atoms with Crippen molar-refractivity contribution in [2.24, 2.45) is 10.9 Å². The number of ether oxygens (including phenoxy) is 1. The van der Waals surface area contributed by atoms with Crippen LogP contribution in [0.1, 0.15) is 25.0 Å². The lowest BCUT2D eigenvalue weighted by Crippen LogP contribution is -2.11. The highest BCUT2D eigenvalue weighted by Crippen LogP contribution is 2.22. The first-order valence-electron chi connectivity index (χ1n) is 8.96. The van der Waals surface area contributed by atoms with Crippen molar-refractivity contribution >= 4 is 34.5 Å². The Morgan fingerprint density at radius 3 is 2.86 bits per heavy atom. The molecule has 0 radical (unpaired) electrons. The largest absolute Gasteiger partial charge is 0.484 e. The second-order valence-electron chi connectivity index (χ2n) is 6.51. The number of fused-ring (bicyclic) bond motifs is 1. The lowest BCUT2D eigenvalue weighted by Gasteiger charge is -2.08. The lowest BCUT2D eigenvalue weighted by molar-refractivity contribution is 0.400. The average molecular weight is 399 g/mol. The Hall–Kier alpha value is -2.93. The van der Waals surface area contributed by atoms with Crippen LogP contribution < -0.4 is 5.32 Å². The van der Waals surface area contributed by atoms with Gasteiger partial charge in [-0.25, -0.2) is 19.9 Å². The van der Waals surface area contributed by atoms with Gasteiger partial charge >= 0.3 is 0 Å². The second kappa shape index (κ2) is 9.32. The lowest BCUT2D eigenvalue weighted by atomic mass is 10.1. The third kappa shape index (κ3) is 5.29. The normalized spacial score (nSPS) is 13.2. The third-order valence-corrected chi connectivity index (χ3v) is 4.44. The smallest absolute Gasteiger partial charge is 0.222 e. The molecule has 2 N–H and O–H groups in total. The van der Waals surface area contributed by atoms with Crippen molar-refractivity contribution in [2.75, 3.05) is 19.0 Å². The summed E-state index contributed by atoms with van der Waals surface area (Å²) in [6.45, 7) is 4.61. The maximum Gasteiger partial charge on any atom is 0.222 e. The Morgan fingerprint density at radius 1 is 1.32 bits per heavy atom. The van der Waals surface area contributed by atoms with Crippen LogP contribution in [0.25, 0.3) is 11.0 Å². The van der Waals surface area contributed by atoms with Crippen molar-refractivity contribution in [3.8, 4) is 0 Å². The number of nitrogens with zero attached hydrogens (tertiary/aromatic N) is 4. The molecule has 0 saturated carbocycles. The van der Waals surface area contributed by atoms with E-state index in [0.717, 1.165) is 22.2 Å². The quantitative estimate of drug-likeness (QED) is 0.459. The molecule has 3 aromatic heterocycles. The van der Waals surface area contributed by atoms with Crippen molar-refractivity contribution in [1.82, 2.24) is 19.9 Å². The predicted molar refractivity (Wildman–Crippen MR) is 113 cm³/mol. The molecule has 7 nitrogen and oxygen atoms in total. The SMILES string of the molecule is COC(C)=N/C=C\C(C)CNc1ncc(Cc2c[nH]c3ncc(Cl)cc23)cn1. The van der Waals surface area contributed by atoms with Crippen LogP contribution in [0.5, 0.6) is 0 Å². The summed E-state index contributed by atoms with van der Waals surface area (Å²) >= 11 is 6.06. The number of H-pyrrole nitrogens is 1. The number of methoxy groups -OCH3 is 1. The highest BCUT2D eigenvalue weighted by molar-refractivity contribution is 6.31. The van der Waals surface area contributed by atoms with E-state index >= 15 is 0 Å². The number of anilines is 1. The zero-order valence-corrected chi connectivity index (χ0v) is 16.9. The minimum absolute atomic E-state index is 0.278. The van der Waals surface area contributed by atoms with E-state index in [9.17, 15) is 0 Å². The number of hydrogen-bond acceptors (Lipinski definition) is 6. The zero-order valence-electron chi connectivity index (χ0n) is 16.1. The fourth-order valence-electron chi connectivity index (χ4n) is 2.60. The number of aromatic nitrogens is 4. The Morgan fingerprint density at radius 2 is 2.11 bits per heavy atom. The van der Waals surface area contributed by atoms with Crippen LogP contribution in [0.3, 0.4) is 0 Å². The number of rotatable bonds is 7. The summed E-state index contributed by atoms with van der Waals surface area (Å²) in [6, 6.07) is 1.92. The summed E-state index contributed by atoms with van der Waals surface area (Å²) in [5, 5.41) is 4.87. The number of hydrogen-bond donors (Lipinski definition) is 2. The average Bonchev–Trinajstić information content (AvgIpc) is 3.09. The van der Waals surface area contributed by atoms with Crippen LogP contribution >= 0.6 is 11.6 Å². The second-order valence-corrected chi connectivity index (χ2v) is 6.94. The molecule has 1 atom stereocenters. The molecule has 0 aromatic carbocycles. The van der Waals surface area contributed by atoms with E-state index in [4.69, 9.17) is 16.3 Å². The maximum atomic E-state index is 6.06. The molecule has 0 amide bonds. The molecule has 0 bridgehead atoms. The molecule has 0 saturated heterocycles. The molecule has 8 heteroatoms. The molecule has 0 fully saturated rings. The van der Waals surface area contributed by atoms with E-state index in [1.165, 1.54) is 0 Å². The van der Waals surface area contributed by atoms with Gasteiger partial charge in [0.1, 0.15) is 5.65 Å². The fraction of sp³-hybridized carbons (Fsp3) is 0.300. The Labute approximate surface area is 168 Å². The molecule has 0 aliphatic carbocycles. The van der Waals surface area contributed by atoms with Gasteiger partial charge in [0.2, 0.25) is 5.95 Å². The van der Waals surface area contributed by atoms with Gasteiger partial charge in [0, 0.05) is 56.3 Å². The van der Waals surface area contributed by atoms with Gasteiger partial charge in [0.15, 0.2) is 5.90 Å². The monoisotopic (exact) mass is 398 g/mol. The summed E-state index contributed by atoms with van der Waals surface area (Å²) in [5.74, 6) is 1.51. The van der Waals surface area contributed by atoms with Crippen molar-refractivity contribution in [1.29, 1.82) is 0 Å². The van der Waals surface area contributed by atoms with Crippen LogP contribution in [0.4, 0.5) is 5.95 Å². The van der Waals surface area contributed by atoms with Crippen molar-refractivity contribution in [2.45, 2.75) is 20.3 Å². The van der Waals surface area contributed by atoms with Crippen LogP contribution in [0, 0.1) is 5.92 Å². The summed E-state index contributed by atoms with van der Waals surface area (Å²) in [7, 11) is 1.60. The molecule has 3 heterocycles. The molecular weight excluding hydrogens is 376 g/mol. The van der Waals surface area contributed by atoms with E-state index in [-0.39, 0.29) is 5.92 Å². The van der Waals surface area contributed by atoms with E-state index in [2.05, 4.69) is 37.2 Å². The van der Waals surface area contributed by atoms with Crippen LogP contribution in [-0.4, -0.2) is 39.5 Å². The van der Waals surface area contributed by atoms with Gasteiger partial charge in [-0.15, -0.1) is 0 Å². The first-order chi connectivity index (χ1) is 13.5. The third-order valence-electron chi connectivity index (χ3n) is 4.23. The van der Waals surface area contributed by atoms with Crippen LogP contribution in [0.15, 0.2) is 48.1 Å². The van der Waals surface area contributed by atoms with E-state index in [0.29, 0.717) is 29.8 Å². The van der Waals surface area contributed by atoms with Crippen LogP contribution in [-0.2, 0) is 11.2 Å². The summed E-state index contributed by atoms with van der Waals surface area (Å²) in [4.78, 5) is 20.4. The first-order valence-corrected chi connectivity index (χ1v) is 9.34. The molecule has 28 heavy (non-hydrogen) atoms. The topological polar surface area (TPSA) is 88.1 Å². The van der Waals surface area contributed by atoms with Crippen LogP contribution in [0.2, 0.25) is 5.02 Å². The minimum Gasteiger partial charge on any atom is -0.484 e. The van der Waals surface area contributed by atoms with Gasteiger partial charge in [-0.3, -0.25) is 0 Å². The van der Waals surface area contributed by atoms with E-state index in [1.54, 1.807) is 19.5 Å². The number of nitrogens with one attached hydrogen (secondary N) is 2.